The van der Waals surface area contributed by atoms with Gasteiger partial charge in [0, 0.05) is 0 Å². The van der Waals surface area contributed by atoms with E-state index < -0.39 is 41.7 Å². The summed E-state index contributed by atoms with van der Waals surface area (Å²) in [5.74, 6) is -23.6. The minimum Gasteiger partial charge on any atom is -0.230 e. The summed E-state index contributed by atoms with van der Waals surface area (Å²) in [6, 6.07) is 0. The van der Waals surface area contributed by atoms with Crippen molar-refractivity contribution in [2.45, 2.75) is 64.0 Å². The highest BCUT2D eigenvalue weighted by atomic mass is 19.4. The standard InChI is InChI=1S/C9H9F9.C2H6/c1-4(2)6(11,12)5(3,10)8(15,16)9(17,18)7(4,13)14;1-2/h1-3H3;1-2H3. The van der Waals surface area contributed by atoms with Gasteiger partial charge in [-0.3, -0.25) is 0 Å². The fourth-order valence-electron chi connectivity index (χ4n) is 1.87. The molecule has 0 heterocycles. The molecule has 0 N–H and O–H groups in total. The van der Waals surface area contributed by atoms with Crippen LogP contribution in [0, 0.1) is 5.41 Å². The van der Waals surface area contributed by atoms with Crippen molar-refractivity contribution < 1.29 is 39.5 Å². The summed E-state index contributed by atoms with van der Waals surface area (Å²) in [6.07, 6.45) is 0. The Balaban J connectivity index is 0.00000172. The fraction of sp³-hybridized carbons (Fsp3) is 1.00. The Hall–Kier alpha value is -0.630. The molecule has 1 atom stereocenters. The zero-order chi connectivity index (χ0) is 17.0. The number of halogens is 9. The first kappa shape index (κ1) is 19.4. The van der Waals surface area contributed by atoms with E-state index in [1.165, 1.54) is 0 Å². The first-order valence-electron chi connectivity index (χ1n) is 5.70. The van der Waals surface area contributed by atoms with Crippen LogP contribution in [0.15, 0.2) is 0 Å². The maximum Gasteiger partial charge on any atom is 0.376 e. The largest absolute Gasteiger partial charge is 0.376 e. The minimum absolute atomic E-state index is 0.0754. The van der Waals surface area contributed by atoms with Gasteiger partial charge in [-0.05, 0) is 20.8 Å². The van der Waals surface area contributed by atoms with Gasteiger partial charge in [-0.1, -0.05) is 13.8 Å². The topological polar surface area (TPSA) is 0 Å². The van der Waals surface area contributed by atoms with Crippen LogP contribution in [0.2, 0.25) is 0 Å². The van der Waals surface area contributed by atoms with Crippen LogP contribution in [0.4, 0.5) is 39.5 Å². The van der Waals surface area contributed by atoms with Gasteiger partial charge >= 0.3 is 17.8 Å². The van der Waals surface area contributed by atoms with Gasteiger partial charge in [0.15, 0.2) is 0 Å². The summed E-state index contributed by atoms with van der Waals surface area (Å²) >= 11 is 0. The highest BCUT2D eigenvalue weighted by molar-refractivity contribution is 5.24. The Morgan fingerprint density at radius 3 is 1.05 bits per heavy atom. The van der Waals surface area contributed by atoms with Gasteiger partial charge < -0.3 is 0 Å². The SMILES string of the molecule is CC.CC1(C)C(F)(F)C(C)(F)C(F)(F)C(F)(F)C1(F)F. The molecular weight excluding hydrogens is 303 g/mol. The van der Waals surface area contributed by atoms with Crippen LogP contribution in [0.5, 0.6) is 0 Å². The van der Waals surface area contributed by atoms with Crippen molar-refractivity contribution in [3.63, 3.8) is 0 Å². The Morgan fingerprint density at radius 2 is 0.750 bits per heavy atom. The third-order valence-corrected chi connectivity index (χ3v) is 3.54. The summed E-state index contributed by atoms with van der Waals surface area (Å²) in [7, 11) is 0. The zero-order valence-electron chi connectivity index (χ0n) is 11.4. The summed E-state index contributed by atoms with van der Waals surface area (Å²) in [5.41, 5.74) is -9.08. The van der Waals surface area contributed by atoms with Gasteiger partial charge in [-0.2, -0.15) is 26.3 Å². The maximum atomic E-state index is 13.4. The Morgan fingerprint density at radius 1 is 0.450 bits per heavy atom. The van der Waals surface area contributed by atoms with E-state index in [2.05, 4.69) is 0 Å². The van der Waals surface area contributed by atoms with Crippen LogP contribution in [0.25, 0.3) is 0 Å². The second-order valence-electron chi connectivity index (χ2n) is 4.93. The van der Waals surface area contributed by atoms with E-state index in [4.69, 9.17) is 0 Å². The van der Waals surface area contributed by atoms with Crippen molar-refractivity contribution in [2.75, 3.05) is 0 Å². The number of hydrogen-bond acceptors (Lipinski definition) is 0. The molecule has 0 aromatic heterocycles. The van der Waals surface area contributed by atoms with E-state index in [1.807, 2.05) is 13.8 Å². The second kappa shape index (κ2) is 4.43. The Labute approximate surface area is 110 Å². The lowest BCUT2D eigenvalue weighted by Gasteiger charge is -2.55. The van der Waals surface area contributed by atoms with Gasteiger partial charge in [0.05, 0.1) is 0 Å². The van der Waals surface area contributed by atoms with Crippen molar-refractivity contribution in [3.8, 4) is 0 Å². The predicted molar refractivity (Wildman–Crippen MR) is 54.4 cm³/mol. The molecule has 0 aromatic carbocycles. The molecule has 0 aliphatic heterocycles. The average Bonchev–Trinajstić information content (AvgIpc) is 2.28. The van der Waals surface area contributed by atoms with Gasteiger partial charge in [0.25, 0.3) is 5.92 Å². The molecule has 1 rings (SSSR count). The molecule has 1 aliphatic carbocycles. The van der Waals surface area contributed by atoms with Crippen LogP contribution < -0.4 is 0 Å². The molecule has 20 heavy (non-hydrogen) atoms. The van der Waals surface area contributed by atoms with Crippen LogP contribution >= 0.6 is 0 Å². The second-order valence-corrected chi connectivity index (χ2v) is 4.93. The molecule has 1 saturated carbocycles. The molecule has 1 aliphatic rings. The maximum absolute atomic E-state index is 13.4. The van der Waals surface area contributed by atoms with Crippen LogP contribution in [0.1, 0.15) is 34.6 Å². The van der Waals surface area contributed by atoms with E-state index in [1.54, 1.807) is 0 Å². The normalized spacial score (nSPS) is 35.7. The van der Waals surface area contributed by atoms with Crippen molar-refractivity contribution in [1.29, 1.82) is 0 Å². The molecule has 1 fully saturated rings. The average molecular weight is 318 g/mol. The third kappa shape index (κ3) is 1.63. The van der Waals surface area contributed by atoms with Crippen LogP contribution in [0.3, 0.4) is 0 Å². The monoisotopic (exact) mass is 318 g/mol. The summed E-state index contributed by atoms with van der Waals surface area (Å²) < 4.78 is 119. The molecule has 1 unspecified atom stereocenters. The summed E-state index contributed by atoms with van der Waals surface area (Å²) in [6.45, 7) is 3.35. The minimum atomic E-state index is -6.23. The first-order chi connectivity index (χ1) is 8.50. The number of alkyl halides is 9. The molecule has 122 valence electrons. The lowest BCUT2D eigenvalue weighted by Crippen LogP contribution is -2.81. The van der Waals surface area contributed by atoms with E-state index in [-0.39, 0.29) is 13.8 Å². The first-order valence-corrected chi connectivity index (χ1v) is 5.70. The molecule has 0 saturated heterocycles. The molecule has 0 nitrogen and oxygen atoms in total. The highest BCUT2D eigenvalue weighted by Crippen LogP contribution is 2.70. The van der Waals surface area contributed by atoms with Gasteiger partial charge in [0.1, 0.15) is 5.41 Å². The third-order valence-electron chi connectivity index (χ3n) is 3.54. The Bertz CT molecular complexity index is 251. The summed E-state index contributed by atoms with van der Waals surface area (Å²) in [4.78, 5) is 0. The van der Waals surface area contributed by atoms with Crippen LogP contribution in [-0.4, -0.2) is 29.4 Å². The molecule has 9 heteroatoms. The van der Waals surface area contributed by atoms with E-state index in [0.717, 1.165) is 0 Å². The van der Waals surface area contributed by atoms with Crippen molar-refractivity contribution >= 4 is 0 Å². The smallest absolute Gasteiger partial charge is 0.230 e. The van der Waals surface area contributed by atoms with Crippen molar-refractivity contribution in [3.05, 3.63) is 0 Å². The van der Waals surface area contributed by atoms with E-state index in [9.17, 15) is 39.5 Å². The summed E-state index contributed by atoms with van der Waals surface area (Å²) in [5, 5.41) is 0. The lowest BCUT2D eigenvalue weighted by molar-refractivity contribution is -0.454. The highest BCUT2D eigenvalue weighted by Gasteiger charge is 2.94. The quantitative estimate of drug-likeness (QED) is 0.530. The van der Waals surface area contributed by atoms with Crippen molar-refractivity contribution in [1.82, 2.24) is 0 Å². The Kier molecular flexibility index (Phi) is 4.29. The molecule has 0 spiro atoms. The lowest BCUT2D eigenvalue weighted by atomic mass is 9.61. The van der Waals surface area contributed by atoms with Gasteiger partial charge in [0.2, 0.25) is 5.67 Å². The van der Waals surface area contributed by atoms with E-state index in [0.29, 0.717) is 0 Å². The van der Waals surface area contributed by atoms with Gasteiger partial charge in [-0.15, -0.1) is 0 Å². The molecule has 0 bridgehead atoms. The number of hydrogen-bond donors (Lipinski definition) is 0. The van der Waals surface area contributed by atoms with Gasteiger partial charge in [-0.25, -0.2) is 13.2 Å². The molecular formula is C11H15F9. The molecule has 0 radical (unpaired) electrons. The fourth-order valence-corrected chi connectivity index (χ4v) is 1.87. The van der Waals surface area contributed by atoms with Crippen LogP contribution in [-0.2, 0) is 0 Å². The predicted octanol–water partition coefficient (Wildman–Crippen LogP) is 5.32. The molecule has 0 aromatic rings. The number of rotatable bonds is 0. The molecule has 0 amide bonds. The zero-order valence-corrected chi connectivity index (χ0v) is 11.4. The van der Waals surface area contributed by atoms with E-state index >= 15 is 0 Å². The van der Waals surface area contributed by atoms with Crippen molar-refractivity contribution in [2.24, 2.45) is 5.41 Å².